The monoisotopic (exact) mass is 157 g/mol. The third-order valence-electron chi connectivity index (χ3n) is 0.480. The summed E-state index contributed by atoms with van der Waals surface area (Å²) in [5, 5.41) is 0. The van der Waals surface area contributed by atoms with Gasteiger partial charge < -0.3 is 0 Å². The molecule has 0 aliphatic carbocycles. The molecule has 0 amide bonds. The molecule has 0 bridgehead atoms. The van der Waals surface area contributed by atoms with Gasteiger partial charge in [-0.2, -0.15) is 0 Å². The van der Waals surface area contributed by atoms with Crippen molar-refractivity contribution in [2.45, 2.75) is 6.42 Å². The Morgan fingerprint density at radius 3 is 2.75 bits per heavy atom. The minimum atomic E-state index is -2.42. The molecule has 0 aliphatic rings. The van der Waals surface area contributed by atoms with Crippen LogP contribution in [0.25, 0.3) is 0 Å². The smallest absolute Gasteiger partial charge is 0.133 e. The Balaban J connectivity index is 2.82. The fourth-order valence-electron chi connectivity index (χ4n) is 0.197. The van der Waals surface area contributed by atoms with Crippen LogP contribution < -0.4 is 0 Å². The minimum Gasteiger partial charge on any atom is -0.133 e. The predicted octanol–water partition coefficient (Wildman–Crippen LogP) is 1.28. The average Bonchev–Trinajstić information content (AvgIpc) is 1.66. The Labute approximate surface area is 53.6 Å². The van der Waals surface area contributed by atoms with E-state index in [0.29, 0.717) is 12.3 Å². The Kier molecular flexibility index (Phi) is 5.66. The first kappa shape index (κ1) is 8.31. The van der Waals surface area contributed by atoms with E-state index in [1.165, 1.54) is 0 Å². The lowest BCUT2D eigenvalue weighted by Crippen LogP contribution is -1.85. The molecule has 0 aromatic heterocycles. The summed E-state index contributed by atoms with van der Waals surface area (Å²) in [6.45, 7) is 0.259. The maximum absolute atomic E-state index is 9.76. The SMILES string of the molecule is O=[P+](O)OCCCCl. The van der Waals surface area contributed by atoms with Gasteiger partial charge in [0.25, 0.3) is 0 Å². The van der Waals surface area contributed by atoms with Gasteiger partial charge in [0.05, 0.1) is 0 Å². The third kappa shape index (κ3) is 6.31. The fraction of sp³-hybridized carbons (Fsp3) is 1.00. The molecule has 0 radical (unpaired) electrons. The largest absolute Gasteiger partial charge is 0.694 e. The summed E-state index contributed by atoms with van der Waals surface area (Å²) in [4.78, 5) is 8.02. The van der Waals surface area contributed by atoms with Crippen LogP contribution in [0, 0.1) is 0 Å². The molecule has 1 N–H and O–H groups in total. The lowest BCUT2D eigenvalue weighted by Gasteiger charge is -1.81. The average molecular weight is 158 g/mol. The van der Waals surface area contributed by atoms with Gasteiger partial charge in [-0.3, -0.25) is 0 Å². The van der Waals surface area contributed by atoms with Crippen LogP contribution in [0.5, 0.6) is 0 Å². The molecule has 1 atom stereocenters. The van der Waals surface area contributed by atoms with Crippen LogP contribution in [0.3, 0.4) is 0 Å². The first-order chi connectivity index (χ1) is 3.77. The second-order valence-electron chi connectivity index (χ2n) is 1.11. The molecule has 0 aromatic carbocycles. The molecule has 0 fully saturated rings. The van der Waals surface area contributed by atoms with Crippen LogP contribution >= 0.6 is 19.9 Å². The molecule has 0 heterocycles. The Morgan fingerprint density at radius 2 is 2.38 bits per heavy atom. The molecule has 1 unspecified atom stereocenters. The summed E-state index contributed by atoms with van der Waals surface area (Å²) < 4.78 is 14.0. The summed E-state index contributed by atoms with van der Waals surface area (Å²) in [6.07, 6.45) is 0.614. The second kappa shape index (κ2) is 5.45. The van der Waals surface area contributed by atoms with E-state index in [1.807, 2.05) is 0 Å². The van der Waals surface area contributed by atoms with Crippen LogP contribution in [0.2, 0.25) is 0 Å². The van der Waals surface area contributed by atoms with Crippen LogP contribution in [0.4, 0.5) is 0 Å². The molecular weight excluding hydrogens is 150 g/mol. The van der Waals surface area contributed by atoms with Gasteiger partial charge in [0, 0.05) is 10.4 Å². The number of halogens is 1. The Bertz CT molecular complexity index is 76.9. The lowest BCUT2D eigenvalue weighted by molar-refractivity contribution is 0.282. The molecule has 3 nitrogen and oxygen atoms in total. The summed E-state index contributed by atoms with van der Waals surface area (Å²) in [5.74, 6) is 0.461. The van der Waals surface area contributed by atoms with Crippen molar-refractivity contribution in [1.29, 1.82) is 0 Å². The maximum Gasteiger partial charge on any atom is 0.694 e. The van der Waals surface area contributed by atoms with E-state index in [9.17, 15) is 4.57 Å². The van der Waals surface area contributed by atoms with Gasteiger partial charge >= 0.3 is 8.25 Å². The number of alkyl halides is 1. The van der Waals surface area contributed by atoms with Crippen LogP contribution in [0.15, 0.2) is 0 Å². The van der Waals surface area contributed by atoms with Crippen molar-refractivity contribution in [3.05, 3.63) is 0 Å². The highest BCUT2D eigenvalue weighted by atomic mass is 35.5. The van der Waals surface area contributed by atoms with Crippen molar-refractivity contribution in [1.82, 2.24) is 0 Å². The molecule has 0 aliphatic heterocycles. The Morgan fingerprint density at radius 1 is 1.75 bits per heavy atom. The van der Waals surface area contributed by atoms with E-state index in [1.54, 1.807) is 0 Å². The highest BCUT2D eigenvalue weighted by molar-refractivity contribution is 7.32. The number of rotatable bonds is 4. The third-order valence-corrected chi connectivity index (χ3v) is 1.15. The van der Waals surface area contributed by atoms with Crippen molar-refractivity contribution in [3.63, 3.8) is 0 Å². The van der Waals surface area contributed by atoms with E-state index in [-0.39, 0.29) is 6.61 Å². The van der Waals surface area contributed by atoms with Gasteiger partial charge in [-0.05, 0) is 6.42 Å². The van der Waals surface area contributed by atoms with Gasteiger partial charge in [-0.25, -0.2) is 0 Å². The van der Waals surface area contributed by atoms with Gasteiger partial charge in [0.15, 0.2) is 0 Å². The molecule has 0 saturated heterocycles. The van der Waals surface area contributed by atoms with E-state index in [4.69, 9.17) is 16.5 Å². The molecule has 0 rings (SSSR count). The summed E-state index contributed by atoms with van der Waals surface area (Å²) in [7, 11) is -2.42. The maximum atomic E-state index is 9.76. The van der Waals surface area contributed by atoms with Gasteiger partial charge in [0.2, 0.25) is 0 Å². The minimum absolute atomic E-state index is 0.259. The summed E-state index contributed by atoms with van der Waals surface area (Å²) >= 11 is 5.23. The second-order valence-corrected chi connectivity index (χ2v) is 2.23. The van der Waals surface area contributed by atoms with Gasteiger partial charge in [-0.1, -0.05) is 0 Å². The molecular formula is C3H7ClO3P+. The first-order valence-corrected chi connectivity index (χ1v) is 3.79. The van der Waals surface area contributed by atoms with Gasteiger partial charge in [-0.15, -0.1) is 21.0 Å². The van der Waals surface area contributed by atoms with Crippen LogP contribution in [0.1, 0.15) is 6.42 Å². The van der Waals surface area contributed by atoms with Crippen LogP contribution in [-0.4, -0.2) is 17.4 Å². The quantitative estimate of drug-likeness (QED) is 0.380. The zero-order valence-corrected chi connectivity index (χ0v) is 5.86. The fourth-order valence-corrected chi connectivity index (χ4v) is 0.592. The zero-order valence-electron chi connectivity index (χ0n) is 4.21. The van der Waals surface area contributed by atoms with Gasteiger partial charge in [0.1, 0.15) is 6.61 Å². The van der Waals surface area contributed by atoms with E-state index >= 15 is 0 Å². The first-order valence-electron chi connectivity index (χ1n) is 2.12. The summed E-state index contributed by atoms with van der Waals surface area (Å²) in [6, 6.07) is 0. The molecule has 5 heteroatoms. The van der Waals surface area contributed by atoms with E-state index in [2.05, 4.69) is 4.52 Å². The van der Waals surface area contributed by atoms with E-state index < -0.39 is 8.25 Å². The predicted molar refractivity (Wildman–Crippen MR) is 31.1 cm³/mol. The lowest BCUT2D eigenvalue weighted by atomic mass is 10.5. The highest BCUT2D eigenvalue weighted by Gasteiger charge is 2.09. The van der Waals surface area contributed by atoms with Crippen molar-refractivity contribution < 1.29 is 14.0 Å². The van der Waals surface area contributed by atoms with Crippen molar-refractivity contribution in [2.75, 3.05) is 12.5 Å². The van der Waals surface area contributed by atoms with Crippen molar-refractivity contribution in [3.8, 4) is 0 Å². The molecule has 0 aromatic rings. The highest BCUT2D eigenvalue weighted by Crippen LogP contribution is 2.13. The standard InChI is InChI=1S/C3H6ClO3P/c4-2-1-3-7-8(5)6/h1-3H2/p+1. The molecule has 48 valence electrons. The summed E-state index contributed by atoms with van der Waals surface area (Å²) in [5.41, 5.74) is 0. The number of hydrogen-bond donors (Lipinski definition) is 1. The molecule has 0 spiro atoms. The van der Waals surface area contributed by atoms with E-state index in [0.717, 1.165) is 0 Å². The topological polar surface area (TPSA) is 46.5 Å². The zero-order chi connectivity index (χ0) is 6.41. The number of hydrogen-bond acceptors (Lipinski definition) is 2. The Hall–Kier alpha value is 0.310. The normalized spacial score (nSPS) is 11.5. The van der Waals surface area contributed by atoms with Crippen molar-refractivity contribution in [2.24, 2.45) is 0 Å². The van der Waals surface area contributed by atoms with Crippen molar-refractivity contribution >= 4 is 19.9 Å². The molecule has 8 heavy (non-hydrogen) atoms. The molecule has 0 saturated carbocycles. The van der Waals surface area contributed by atoms with Crippen LogP contribution in [-0.2, 0) is 9.09 Å².